The van der Waals surface area contributed by atoms with E-state index in [2.05, 4.69) is 70.2 Å². The molecule has 0 aliphatic heterocycles. The van der Waals surface area contributed by atoms with E-state index >= 15 is 0 Å². The van der Waals surface area contributed by atoms with Crippen molar-refractivity contribution in [1.29, 1.82) is 0 Å². The van der Waals surface area contributed by atoms with Gasteiger partial charge in [-0.15, -0.1) is 10.2 Å². The fourth-order valence-corrected chi connectivity index (χ4v) is 3.61. The van der Waals surface area contributed by atoms with Gasteiger partial charge in [-0.1, -0.05) is 35.0 Å². The largest absolute Gasteiger partial charge is 0.378 e. The summed E-state index contributed by atoms with van der Waals surface area (Å²) in [5, 5.41) is 13.9. The number of benzene rings is 2. The minimum atomic E-state index is 0.373. The lowest BCUT2D eigenvalue weighted by Crippen LogP contribution is -2.08. The van der Waals surface area contributed by atoms with Crippen LogP contribution in [0.3, 0.4) is 0 Å². The first-order valence-corrected chi connectivity index (χ1v) is 10.2. The number of anilines is 2. The second-order valence-corrected chi connectivity index (χ2v) is 7.89. The van der Waals surface area contributed by atoms with Crippen LogP contribution in [-0.4, -0.2) is 40.1 Å². The maximum Gasteiger partial charge on any atom is 0.265 e. The normalized spacial score (nSPS) is 11.6. The maximum atomic E-state index is 4.67. The zero-order valence-electron chi connectivity index (χ0n) is 16.6. The predicted molar refractivity (Wildman–Crippen MR) is 123 cm³/mol. The Morgan fingerprint density at radius 1 is 1.14 bits per heavy atom. The molecule has 0 radical (unpaired) electrons. The van der Waals surface area contributed by atoms with Crippen LogP contribution in [0, 0.1) is 0 Å². The van der Waals surface area contributed by atoms with Crippen molar-refractivity contribution in [2.45, 2.75) is 19.9 Å². The van der Waals surface area contributed by atoms with E-state index in [0.29, 0.717) is 5.95 Å². The second-order valence-electron chi connectivity index (χ2n) is 6.98. The van der Waals surface area contributed by atoms with Gasteiger partial charge in [0, 0.05) is 36.2 Å². The van der Waals surface area contributed by atoms with Crippen LogP contribution in [0.4, 0.5) is 11.6 Å². The first-order valence-electron chi connectivity index (χ1n) is 9.45. The van der Waals surface area contributed by atoms with Crippen LogP contribution in [0.1, 0.15) is 18.9 Å². The third kappa shape index (κ3) is 3.93. The summed E-state index contributed by atoms with van der Waals surface area (Å²) in [5.74, 6) is 0.373. The average Bonchev–Trinajstić information content (AvgIpc) is 3.01. The Kier molecular flexibility index (Phi) is 5.44. The van der Waals surface area contributed by atoms with Crippen LogP contribution in [0.2, 0.25) is 0 Å². The van der Waals surface area contributed by atoms with Crippen molar-refractivity contribution < 1.29 is 0 Å². The third-order valence-electron chi connectivity index (χ3n) is 4.66. The minimum Gasteiger partial charge on any atom is -0.378 e. The molecule has 148 valence electrons. The summed E-state index contributed by atoms with van der Waals surface area (Å²) in [5.41, 5.74) is 7.74. The van der Waals surface area contributed by atoms with Crippen LogP contribution in [-0.2, 0) is 6.54 Å². The summed E-state index contributed by atoms with van der Waals surface area (Å²) in [6.07, 6.45) is 2.74. The zero-order valence-corrected chi connectivity index (χ0v) is 18.2. The number of aryl methyl sites for hydroxylation is 1. The number of nitrogens with one attached hydrogen (secondary N) is 1. The van der Waals surface area contributed by atoms with Gasteiger partial charge < -0.3 is 9.47 Å². The first-order chi connectivity index (χ1) is 14.1. The molecule has 0 saturated carbocycles. The van der Waals surface area contributed by atoms with E-state index in [4.69, 9.17) is 0 Å². The fourth-order valence-electron chi connectivity index (χ4n) is 3.25. The highest BCUT2D eigenvalue weighted by molar-refractivity contribution is 9.10. The molecule has 0 atom stereocenters. The minimum absolute atomic E-state index is 0.373. The molecule has 0 aliphatic rings. The molecule has 4 aromatic rings. The Labute approximate surface area is 177 Å². The second kappa shape index (κ2) is 8.16. The summed E-state index contributed by atoms with van der Waals surface area (Å²) in [4.78, 5) is 6.73. The number of halogens is 1. The van der Waals surface area contributed by atoms with Gasteiger partial charge in [-0.05, 0) is 42.3 Å². The molecule has 0 bridgehead atoms. The monoisotopic (exact) mass is 451 g/mol. The molecule has 2 aromatic carbocycles. The third-order valence-corrected chi connectivity index (χ3v) is 5.16. The van der Waals surface area contributed by atoms with Crippen molar-refractivity contribution in [3.05, 3.63) is 52.5 Å². The lowest BCUT2D eigenvalue weighted by atomic mass is 10.2. The lowest BCUT2D eigenvalue weighted by molar-refractivity contribution is 0.716. The molecule has 2 heterocycles. The Bertz CT molecular complexity index is 1180. The summed E-state index contributed by atoms with van der Waals surface area (Å²) >= 11 is 3.54. The van der Waals surface area contributed by atoms with Crippen LogP contribution in [0.15, 0.2) is 52.0 Å². The molecule has 0 spiro atoms. The number of hydrazone groups is 1. The zero-order chi connectivity index (χ0) is 20.4. The van der Waals surface area contributed by atoms with E-state index in [1.165, 1.54) is 0 Å². The van der Waals surface area contributed by atoms with Crippen molar-refractivity contribution in [3.8, 4) is 0 Å². The van der Waals surface area contributed by atoms with Crippen LogP contribution < -0.4 is 10.3 Å². The van der Waals surface area contributed by atoms with Gasteiger partial charge in [0.1, 0.15) is 5.52 Å². The first kappa shape index (κ1) is 19.3. The van der Waals surface area contributed by atoms with Gasteiger partial charge in [-0.2, -0.15) is 10.1 Å². The Balaban J connectivity index is 1.63. The van der Waals surface area contributed by atoms with Crippen molar-refractivity contribution in [1.82, 2.24) is 19.7 Å². The summed E-state index contributed by atoms with van der Waals surface area (Å²) in [7, 11) is 4.03. The van der Waals surface area contributed by atoms with E-state index in [0.717, 1.165) is 50.8 Å². The number of rotatable bonds is 6. The molecule has 4 rings (SSSR count). The number of fused-ring (bicyclic) bond motifs is 3. The summed E-state index contributed by atoms with van der Waals surface area (Å²) in [6.45, 7) is 3.01. The molecular formula is C21H22BrN7. The van der Waals surface area contributed by atoms with Crippen molar-refractivity contribution in [2.24, 2.45) is 5.10 Å². The summed E-state index contributed by atoms with van der Waals surface area (Å²) in [6, 6.07) is 14.3. The fraction of sp³-hybridized carbons (Fsp3) is 0.238. The lowest BCUT2D eigenvalue weighted by Gasteiger charge is -2.11. The molecule has 0 saturated heterocycles. The molecule has 1 N–H and O–H groups in total. The number of nitrogens with zero attached hydrogens (tertiary/aromatic N) is 6. The van der Waals surface area contributed by atoms with E-state index < -0.39 is 0 Å². The Morgan fingerprint density at radius 3 is 2.66 bits per heavy atom. The molecular weight excluding hydrogens is 430 g/mol. The maximum absolute atomic E-state index is 4.67. The standard InChI is InChI=1S/C21H22BrN7/c1-4-11-29-18-10-7-15(22)12-17(18)19-20(29)24-21(27-25-19)26-23-13-14-5-8-16(9-6-14)28(2)3/h5-10,12-13H,4,11H2,1-3H3,(H,24,26,27)/b23-13+. The number of hydrogen-bond donors (Lipinski definition) is 1. The highest BCUT2D eigenvalue weighted by Crippen LogP contribution is 2.29. The van der Waals surface area contributed by atoms with E-state index in [1.54, 1.807) is 6.21 Å². The molecule has 0 aliphatic carbocycles. The molecule has 7 nitrogen and oxygen atoms in total. The van der Waals surface area contributed by atoms with Crippen molar-refractivity contribution >= 4 is 55.8 Å². The van der Waals surface area contributed by atoms with Gasteiger partial charge in [0.2, 0.25) is 0 Å². The van der Waals surface area contributed by atoms with Crippen molar-refractivity contribution in [2.75, 3.05) is 24.4 Å². The molecule has 0 fully saturated rings. The SMILES string of the molecule is CCCn1c2ccc(Br)cc2c2nnc(N/N=C/c3ccc(N(C)C)cc3)nc21. The quantitative estimate of drug-likeness (QED) is 0.340. The van der Waals surface area contributed by atoms with Crippen LogP contribution in [0.5, 0.6) is 0 Å². The number of hydrogen-bond acceptors (Lipinski definition) is 6. The Hall–Kier alpha value is -3.00. The van der Waals surface area contributed by atoms with Crippen LogP contribution in [0.25, 0.3) is 22.1 Å². The van der Waals surface area contributed by atoms with E-state index in [9.17, 15) is 0 Å². The van der Waals surface area contributed by atoms with Gasteiger partial charge in [0.15, 0.2) is 5.65 Å². The molecule has 0 amide bonds. The Morgan fingerprint density at radius 2 is 1.93 bits per heavy atom. The van der Waals surface area contributed by atoms with Crippen LogP contribution >= 0.6 is 15.9 Å². The van der Waals surface area contributed by atoms with Gasteiger partial charge in [-0.25, -0.2) is 5.43 Å². The van der Waals surface area contributed by atoms with Gasteiger partial charge in [0.05, 0.1) is 11.7 Å². The topological polar surface area (TPSA) is 71.2 Å². The molecule has 8 heteroatoms. The van der Waals surface area contributed by atoms with E-state index in [1.807, 2.05) is 44.4 Å². The van der Waals surface area contributed by atoms with Gasteiger partial charge >= 0.3 is 0 Å². The summed E-state index contributed by atoms with van der Waals surface area (Å²) < 4.78 is 3.19. The van der Waals surface area contributed by atoms with Gasteiger partial charge in [0.25, 0.3) is 5.95 Å². The average molecular weight is 452 g/mol. The highest BCUT2D eigenvalue weighted by atomic mass is 79.9. The smallest absolute Gasteiger partial charge is 0.265 e. The molecule has 0 unspecified atom stereocenters. The predicted octanol–water partition coefficient (Wildman–Crippen LogP) is 4.66. The highest BCUT2D eigenvalue weighted by Gasteiger charge is 2.14. The van der Waals surface area contributed by atoms with Crippen molar-refractivity contribution in [3.63, 3.8) is 0 Å². The molecule has 29 heavy (non-hydrogen) atoms. The van der Waals surface area contributed by atoms with E-state index in [-0.39, 0.29) is 0 Å². The number of aromatic nitrogens is 4. The molecule has 2 aromatic heterocycles. The van der Waals surface area contributed by atoms with Gasteiger partial charge in [-0.3, -0.25) is 0 Å².